The number of hydrogen-bond acceptors (Lipinski definition) is 2. The predicted octanol–water partition coefficient (Wildman–Crippen LogP) is 3.04. The van der Waals surface area contributed by atoms with E-state index in [1.54, 1.807) is 0 Å². The summed E-state index contributed by atoms with van der Waals surface area (Å²) in [4.78, 5) is 3.24. The van der Waals surface area contributed by atoms with Gasteiger partial charge in [-0.25, -0.2) is 0 Å². The van der Waals surface area contributed by atoms with Crippen molar-refractivity contribution in [3.63, 3.8) is 0 Å². The molecular formula is C13H14N4S. The van der Waals surface area contributed by atoms with Crippen LogP contribution >= 0.6 is 12.2 Å². The van der Waals surface area contributed by atoms with E-state index in [1.807, 2.05) is 42.3 Å². The molecule has 0 saturated heterocycles. The van der Waals surface area contributed by atoms with E-state index in [-0.39, 0.29) is 6.04 Å². The lowest BCUT2D eigenvalue weighted by Crippen LogP contribution is -2.05. The second-order valence-electron chi connectivity index (χ2n) is 4.44. The number of fused-ring (bicyclic) bond motifs is 1. The number of hydrogen-bond donors (Lipinski definition) is 1. The summed E-state index contributed by atoms with van der Waals surface area (Å²) in [6, 6.07) is 8.32. The lowest BCUT2D eigenvalue weighted by molar-refractivity contribution is 0.648. The van der Waals surface area contributed by atoms with E-state index in [4.69, 9.17) is 12.2 Å². The summed E-state index contributed by atoms with van der Waals surface area (Å²) in [5.41, 5.74) is 3.34. The zero-order valence-corrected chi connectivity index (χ0v) is 11.1. The van der Waals surface area contributed by atoms with E-state index < -0.39 is 0 Å². The van der Waals surface area contributed by atoms with Crippen LogP contribution in [-0.2, 0) is 7.05 Å². The van der Waals surface area contributed by atoms with Crippen LogP contribution in [0.3, 0.4) is 0 Å². The average molecular weight is 258 g/mol. The van der Waals surface area contributed by atoms with Crippen molar-refractivity contribution >= 4 is 23.3 Å². The number of para-hydroxylation sites is 2. The van der Waals surface area contributed by atoms with Crippen molar-refractivity contribution in [3.05, 3.63) is 47.0 Å². The molecule has 1 aromatic carbocycles. The molecule has 0 aliphatic heterocycles. The number of benzene rings is 1. The zero-order chi connectivity index (χ0) is 12.7. The SMILES string of the molecule is CC(c1cnn(C)c1)n1c(=S)[nH]c2ccccc21. The molecule has 0 aliphatic rings. The number of aromatic nitrogens is 4. The predicted molar refractivity (Wildman–Crippen MR) is 74.1 cm³/mol. The summed E-state index contributed by atoms with van der Waals surface area (Å²) < 4.78 is 4.68. The van der Waals surface area contributed by atoms with Crippen molar-refractivity contribution in [3.8, 4) is 0 Å². The molecule has 0 saturated carbocycles. The monoisotopic (exact) mass is 258 g/mol. The van der Waals surface area contributed by atoms with Crippen molar-refractivity contribution in [1.82, 2.24) is 19.3 Å². The first-order chi connectivity index (χ1) is 8.66. The van der Waals surface area contributed by atoms with Gasteiger partial charge in [-0.15, -0.1) is 0 Å². The third kappa shape index (κ3) is 1.67. The summed E-state index contributed by atoms with van der Waals surface area (Å²) in [5, 5.41) is 4.22. The maximum Gasteiger partial charge on any atom is 0.178 e. The molecule has 0 amide bonds. The minimum absolute atomic E-state index is 0.169. The highest BCUT2D eigenvalue weighted by molar-refractivity contribution is 7.71. The van der Waals surface area contributed by atoms with E-state index in [0.29, 0.717) is 0 Å². The number of nitrogens with one attached hydrogen (secondary N) is 1. The number of H-pyrrole nitrogens is 1. The molecule has 0 fully saturated rings. The zero-order valence-electron chi connectivity index (χ0n) is 10.3. The summed E-state index contributed by atoms with van der Waals surface area (Å²) in [6.07, 6.45) is 3.91. The molecule has 3 aromatic rings. The van der Waals surface area contributed by atoms with Crippen molar-refractivity contribution in [2.45, 2.75) is 13.0 Å². The van der Waals surface area contributed by atoms with Crippen molar-refractivity contribution in [2.75, 3.05) is 0 Å². The Kier molecular flexibility index (Phi) is 2.56. The first kappa shape index (κ1) is 11.2. The van der Waals surface area contributed by atoms with Crippen LogP contribution in [0.25, 0.3) is 11.0 Å². The quantitative estimate of drug-likeness (QED) is 0.717. The fourth-order valence-corrected chi connectivity index (χ4v) is 2.63. The Balaban J connectivity index is 2.19. The van der Waals surface area contributed by atoms with Gasteiger partial charge in [-0.05, 0) is 31.3 Å². The second-order valence-corrected chi connectivity index (χ2v) is 4.83. The smallest absolute Gasteiger partial charge is 0.178 e. The van der Waals surface area contributed by atoms with Crippen LogP contribution in [0.1, 0.15) is 18.5 Å². The third-order valence-electron chi connectivity index (χ3n) is 3.22. The van der Waals surface area contributed by atoms with Crippen LogP contribution in [0.4, 0.5) is 0 Å². The maximum absolute atomic E-state index is 5.42. The topological polar surface area (TPSA) is 38.5 Å². The minimum atomic E-state index is 0.169. The lowest BCUT2D eigenvalue weighted by Gasteiger charge is -2.12. The molecule has 3 rings (SSSR count). The van der Waals surface area contributed by atoms with Gasteiger partial charge in [0.1, 0.15) is 0 Å². The molecule has 18 heavy (non-hydrogen) atoms. The average Bonchev–Trinajstić information content (AvgIpc) is 2.91. The molecular weight excluding hydrogens is 244 g/mol. The normalized spacial score (nSPS) is 13.0. The third-order valence-corrected chi connectivity index (χ3v) is 3.52. The molecule has 0 aliphatic carbocycles. The Labute approximate surface area is 110 Å². The van der Waals surface area contributed by atoms with Gasteiger partial charge in [0.15, 0.2) is 4.77 Å². The number of nitrogens with zero attached hydrogens (tertiary/aromatic N) is 3. The van der Waals surface area contributed by atoms with Gasteiger partial charge < -0.3 is 9.55 Å². The highest BCUT2D eigenvalue weighted by Crippen LogP contribution is 2.23. The first-order valence-corrected chi connectivity index (χ1v) is 6.25. The van der Waals surface area contributed by atoms with Crippen molar-refractivity contribution in [2.24, 2.45) is 7.05 Å². The molecule has 1 atom stereocenters. The first-order valence-electron chi connectivity index (χ1n) is 5.84. The van der Waals surface area contributed by atoms with Gasteiger partial charge in [-0.3, -0.25) is 4.68 Å². The van der Waals surface area contributed by atoms with Gasteiger partial charge in [0.2, 0.25) is 0 Å². The minimum Gasteiger partial charge on any atom is -0.331 e. The van der Waals surface area contributed by atoms with Gasteiger partial charge in [0.25, 0.3) is 0 Å². The van der Waals surface area contributed by atoms with Gasteiger partial charge >= 0.3 is 0 Å². The number of aryl methyl sites for hydroxylation is 1. The Hall–Kier alpha value is -1.88. The summed E-state index contributed by atoms with van der Waals surface area (Å²) in [7, 11) is 1.92. The summed E-state index contributed by atoms with van der Waals surface area (Å²) in [5.74, 6) is 0. The highest BCUT2D eigenvalue weighted by atomic mass is 32.1. The van der Waals surface area contributed by atoms with Crippen LogP contribution in [0.15, 0.2) is 36.7 Å². The largest absolute Gasteiger partial charge is 0.331 e. The molecule has 0 spiro atoms. The van der Waals surface area contributed by atoms with E-state index in [0.717, 1.165) is 21.4 Å². The van der Waals surface area contributed by atoms with Crippen LogP contribution in [0.2, 0.25) is 0 Å². The molecule has 2 aromatic heterocycles. The highest BCUT2D eigenvalue weighted by Gasteiger charge is 2.13. The number of rotatable bonds is 2. The molecule has 1 unspecified atom stereocenters. The standard InChI is InChI=1S/C13H14N4S/c1-9(10-7-14-16(2)8-10)17-12-6-4-3-5-11(12)15-13(17)18/h3-9H,1-2H3,(H,15,18). The molecule has 5 heteroatoms. The van der Waals surface area contributed by atoms with E-state index in [1.165, 1.54) is 0 Å². The summed E-state index contributed by atoms with van der Waals surface area (Å²) in [6.45, 7) is 2.13. The van der Waals surface area contributed by atoms with Gasteiger partial charge in [0.05, 0.1) is 23.3 Å². The Morgan fingerprint density at radius 1 is 1.33 bits per heavy atom. The van der Waals surface area contributed by atoms with Crippen molar-refractivity contribution in [1.29, 1.82) is 0 Å². The molecule has 4 nitrogen and oxygen atoms in total. The Bertz CT molecular complexity index is 750. The Morgan fingerprint density at radius 3 is 2.83 bits per heavy atom. The van der Waals surface area contributed by atoms with E-state index in [2.05, 4.69) is 27.6 Å². The van der Waals surface area contributed by atoms with Gasteiger partial charge in [-0.1, -0.05) is 12.1 Å². The molecule has 0 radical (unpaired) electrons. The second kappa shape index (κ2) is 4.10. The Morgan fingerprint density at radius 2 is 2.11 bits per heavy atom. The fraction of sp³-hybridized carbons (Fsp3) is 0.231. The molecule has 2 heterocycles. The van der Waals surface area contributed by atoms with Crippen molar-refractivity contribution < 1.29 is 0 Å². The summed E-state index contributed by atoms with van der Waals surface area (Å²) >= 11 is 5.42. The van der Waals surface area contributed by atoms with Crippen LogP contribution in [0.5, 0.6) is 0 Å². The molecule has 1 N–H and O–H groups in total. The number of imidazole rings is 1. The van der Waals surface area contributed by atoms with Gasteiger partial charge in [0, 0.05) is 18.8 Å². The van der Waals surface area contributed by atoms with Crippen LogP contribution < -0.4 is 0 Å². The maximum atomic E-state index is 5.42. The number of aromatic amines is 1. The lowest BCUT2D eigenvalue weighted by atomic mass is 10.2. The fourth-order valence-electron chi connectivity index (χ4n) is 2.26. The molecule has 0 bridgehead atoms. The van der Waals surface area contributed by atoms with Crippen LogP contribution in [0, 0.1) is 4.77 Å². The molecule has 92 valence electrons. The van der Waals surface area contributed by atoms with Gasteiger partial charge in [-0.2, -0.15) is 5.10 Å². The van der Waals surface area contributed by atoms with E-state index >= 15 is 0 Å². The van der Waals surface area contributed by atoms with Crippen LogP contribution in [-0.4, -0.2) is 19.3 Å². The van der Waals surface area contributed by atoms with E-state index in [9.17, 15) is 0 Å².